The standard InChI is InChI=1S/C15H19ClN6/c1-10(2)22-15-12(7-19-22)4-11(6-18-15)5-17-8-14-13(16)9-21(3)20-14/h4,6-7,9-10,17H,5,8H2,1-3H3. The average Bonchev–Trinajstić information content (AvgIpc) is 3.02. The Balaban J connectivity index is 1.68. The monoisotopic (exact) mass is 318 g/mol. The first-order chi connectivity index (χ1) is 10.5. The van der Waals surface area contributed by atoms with Crippen molar-refractivity contribution in [3.05, 3.63) is 40.9 Å². The van der Waals surface area contributed by atoms with Crippen molar-refractivity contribution in [1.82, 2.24) is 29.9 Å². The maximum atomic E-state index is 6.09. The van der Waals surface area contributed by atoms with Crippen molar-refractivity contribution < 1.29 is 0 Å². The van der Waals surface area contributed by atoms with Gasteiger partial charge in [0.2, 0.25) is 0 Å². The minimum atomic E-state index is 0.306. The molecule has 0 aliphatic rings. The number of halogens is 1. The van der Waals surface area contributed by atoms with Gasteiger partial charge in [-0.05, 0) is 25.5 Å². The molecule has 0 saturated carbocycles. The van der Waals surface area contributed by atoms with Crippen LogP contribution in [-0.4, -0.2) is 24.5 Å². The second-order valence-corrected chi connectivity index (χ2v) is 6.05. The maximum absolute atomic E-state index is 6.09. The van der Waals surface area contributed by atoms with Crippen molar-refractivity contribution in [3.63, 3.8) is 0 Å². The van der Waals surface area contributed by atoms with Gasteiger partial charge < -0.3 is 5.32 Å². The van der Waals surface area contributed by atoms with E-state index >= 15 is 0 Å². The van der Waals surface area contributed by atoms with Crippen molar-refractivity contribution in [3.8, 4) is 0 Å². The van der Waals surface area contributed by atoms with Gasteiger partial charge in [-0.1, -0.05) is 11.6 Å². The number of nitrogens with zero attached hydrogens (tertiary/aromatic N) is 5. The molecule has 0 unspecified atom stereocenters. The zero-order chi connectivity index (χ0) is 15.7. The van der Waals surface area contributed by atoms with Crippen molar-refractivity contribution in [2.75, 3.05) is 0 Å². The third kappa shape index (κ3) is 2.98. The number of rotatable bonds is 5. The molecule has 0 bridgehead atoms. The van der Waals surface area contributed by atoms with Gasteiger partial charge in [-0.3, -0.25) is 4.68 Å². The Kier molecular flexibility index (Phi) is 4.13. The number of aromatic nitrogens is 5. The molecule has 0 aliphatic heterocycles. The minimum Gasteiger partial charge on any atom is -0.307 e. The van der Waals surface area contributed by atoms with Crippen LogP contribution in [0.1, 0.15) is 31.1 Å². The molecule has 3 aromatic heterocycles. The summed E-state index contributed by atoms with van der Waals surface area (Å²) in [5, 5.41) is 13.8. The highest BCUT2D eigenvalue weighted by Crippen LogP contribution is 2.17. The molecular formula is C15H19ClN6. The number of fused-ring (bicyclic) bond motifs is 1. The minimum absolute atomic E-state index is 0.306. The molecule has 22 heavy (non-hydrogen) atoms. The maximum Gasteiger partial charge on any atom is 0.157 e. The van der Waals surface area contributed by atoms with Gasteiger partial charge in [0.15, 0.2) is 5.65 Å². The zero-order valence-corrected chi connectivity index (χ0v) is 13.7. The van der Waals surface area contributed by atoms with E-state index in [1.165, 1.54) is 0 Å². The summed E-state index contributed by atoms with van der Waals surface area (Å²) in [4.78, 5) is 4.52. The van der Waals surface area contributed by atoms with Gasteiger partial charge in [0.05, 0.1) is 16.9 Å². The van der Waals surface area contributed by atoms with Crippen molar-refractivity contribution in [1.29, 1.82) is 0 Å². The largest absolute Gasteiger partial charge is 0.307 e. The van der Waals surface area contributed by atoms with Crippen molar-refractivity contribution in [2.45, 2.75) is 33.0 Å². The lowest BCUT2D eigenvalue weighted by Gasteiger charge is -2.07. The van der Waals surface area contributed by atoms with Crippen LogP contribution in [-0.2, 0) is 20.1 Å². The number of hydrogen-bond acceptors (Lipinski definition) is 4. The molecule has 0 fully saturated rings. The van der Waals surface area contributed by atoms with Crippen LogP contribution < -0.4 is 5.32 Å². The van der Waals surface area contributed by atoms with Crippen LogP contribution in [0.2, 0.25) is 5.02 Å². The van der Waals surface area contributed by atoms with Crippen LogP contribution in [0.3, 0.4) is 0 Å². The van der Waals surface area contributed by atoms with Gasteiger partial charge in [0.1, 0.15) is 0 Å². The number of nitrogens with one attached hydrogen (secondary N) is 1. The molecule has 116 valence electrons. The molecule has 0 spiro atoms. The summed E-state index contributed by atoms with van der Waals surface area (Å²) in [5.41, 5.74) is 2.89. The Morgan fingerprint density at radius 1 is 1.27 bits per heavy atom. The van der Waals surface area contributed by atoms with E-state index in [9.17, 15) is 0 Å². The van der Waals surface area contributed by atoms with E-state index in [0.29, 0.717) is 24.2 Å². The van der Waals surface area contributed by atoms with E-state index in [1.807, 2.05) is 24.1 Å². The third-order valence-electron chi connectivity index (χ3n) is 3.45. The molecule has 0 aromatic carbocycles. The van der Waals surface area contributed by atoms with Crippen LogP contribution in [0.25, 0.3) is 11.0 Å². The molecular weight excluding hydrogens is 300 g/mol. The Morgan fingerprint density at radius 2 is 2.09 bits per heavy atom. The summed E-state index contributed by atoms with van der Waals surface area (Å²) < 4.78 is 3.65. The Bertz CT molecular complexity index is 789. The molecule has 0 saturated heterocycles. The third-order valence-corrected chi connectivity index (χ3v) is 3.77. The normalized spacial score (nSPS) is 11.7. The van der Waals surface area contributed by atoms with E-state index < -0.39 is 0 Å². The lowest BCUT2D eigenvalue weighted by molar-refractivity contribution is 0.546. The van der Waals surface area contributed by atoms with Crippen LogP contribution in [0.4, 0.5) is 0 Å². The summed E-state index contributed by atoms with van der Waals surface area (Å²) in [7, 11) is 1.86. The van der Waals surface area contributed by atoms with E-state index in [2.05, 4.69) is 40.4 Å². The number of hydrogen-bond donors (Lipinski definition) is 1. The molecule has 0 radical (unpaired) electrons. The van der Waals surface area contributed by atoms with E-state index in [0.717, 1.165) is 22.3 Å². The number of pyridine rings is 1. The lowest BCUT2D eigenvalue weighted by atomic mass is 10.2. The quantitative estimate of drug-likeness (QED) is 0.785. The Hall–Kier alpha value is -1.92. The number of aryl methyl sites for hydroxylation is 1. The van der Waals surface area contributed by atoms with Crippen LogP contribution in [0.5, 0.6) is 0 Å². The smallest absolute Gasteiger partial charge is 0.157 e. The fraction of sp³-hybridized carbons (Fsp3) is 0.400. The summed E-state index contributed by atoms with van der Waals surface area (Å²) in [5.74, 6) is 0. The van der Waals surface area contributed by atoms with E-state index in [4.69, 9.17) is 11.6 Å². The van der Waals surface area contributed by atoms with Crippen LogP contribution >= 0.6 is 11.6 Å². The molecule has 6 nitrogen and oxygen atoms in total. The van der Waals surface area contributed by atoms with Crippen LogP contribution in [0, 0.1) is 0 Å². The summed E-state index contributed by atoms with van der Waals surface area (Å²) in [6.45, 7) is 5.53. The summed E-state index contributed by atoms with van der Waals surface area (Å²) in [6.07, 6.45) is 5.55. The molecule has 0 amide bonds. The highest BCUT2D eigenvalue weighted by atomic mass is 35.5. The fourth-order valence-electron chi connectivity index (χ4n) is 2.41. The predicted octanol–water partition coefficient (Wildman–Crippen LogP) is 2.69. The van der Waals surface area contributed by atoms with Gasteiger partial charge >= 0.3 is 0 Å². The second-order valence-electron chi connectivity index (χ2n) is 5.64. The first-order valence-electron chi connectivity index (χ1n) is 7.25. The molecule has 3 aromatic rings. The SMILES string of the molecule is CC(C)n1ncc2cc(CNCc3nn(C)cc3Cl)cnc21. The fourth-order valence-corrected chi connectivity index (χ4v) is 2.66. The summed E-state index contributed by atoms with van der Waals surface area (Å²) >= 11 is 6.09. The van der Waals surface area contributed by atoms with Gasteiger partial charge in [0, 0.05) is 44.0 Å². The molecule has 7 heteroatoms. The van der Waals surface area contributed by atoms with Gasteiger partial charge in [-0.2, -0.15) is 10.2 Å². The zero-order valence-electron chi connectivity index (χ0n) is 12.9. The van der Waals surface area contributed by atoms with Gasteiger partial charge in [0.25, 0.3) is 0 Å². The molecule has 0 atom stereocenters. The second kappa shape index (κ2) is 6.06. The average molecular weight is 319 g/mol. The summed E-state index contributed by atoms with van der Waals surface area (Å²) in [6, 6.07) is 2.42. The van der Waals surface area contributed by atoms with Crippen molar-refractivity contribution in [2.24, 2.45) is 7.05 Å². The van der Waals surface area contributed by atoms with E-state index in [-0.39, 0.29) is 0 Å². The van der Waals surface area contributed by atoms with Crippen LogP contribution in [0.15, 0.2) is 24.7 Å². The highest BCUT2D eigenvalue weighted by molar-refractivity contribution is 6.31. The van der Waals surface area contributed by atoms with Crippen molar-refractivity contribution >= 4 is 22.6 Å². The highest BCUT2D eigenvalue weighted by Gasteiger charge is 2.08. The lowest BCUT2D eigenvalue weighted by Crippen LogP contribution is -2.14. The Morgan fingerprint density at radius 3 is 2.77 bits per heavy atom. The van der Waals surface area contributed by atoms with Gasteiger partial charge in [-0.15, -0.1) is 0 Å². The molecule has 0 aliphatic carbocycles. The predicted molar refractivity (Wildman–Crippen MR) is 86.7 cm³/mol. The topological polar surface area (TPSA) is 60.6 Å². The first-order valence-corrected chi connectivity index (χ1v) is 7.63. The van der Waals surface area contributed by atoms with Gasteiger partial charge in [-0.25, -0.2) is 9.67 Å². The Labute approximate surface area is 134 Å². The molecule has 3 heterocycles. The molecule has 3 rings (SSSR count). The van der Waals surface area contributed by atoms with E-state index in [1.54, 1.807) is 10.9 Å². The first kappa shape index (κ1) is 15.0. The molecule has 1 N–H and O–H groups in total.